The summed E-state index contributed by atoms with van der Waals surface area (Å²) in [5.41, 5.74) is 0. The van der Waals surface area contributed by atoms with Gasteiger partial charge in [-0.15, -0.1) is 0 Å². The predicted octanol–water partition coefficient (Wildman–Crippen LogP) is 0.185. The molecule has 0 radical (unpaired) electrons. The molecule has 0 aliphatic carbocycles. The summed E-state index contributed by atoms with van der Waals surface area (Å²) in [5, 5.41) is 1.35. The lowest BCUT2D eigenvalue weighted by Crippen LogP contribution is -2.38. The summed E-state index contributed by atoms with van der Waals surface area (Å²) in [5.74, 6) is -2.90. The first-order chi connectivity index (χ1) is 5.34. The number of carbonyl (C=O) groups excluding carboxylic acids is 2. The molecule has 0 saturated carbocycles. The fraction of sp³-hybridized carbons (Fsp3) is 0.600. The van der Waals surface area contributed by atoms with Gasteiger partial charge in [0.2, 0.25) is 0 Å². The van der Waals surface area contributed by atoms with Crippen molar-refractivity contribution in [2.75, 3.05) is 6.73 Å². The molecule has 0 heterocycles. The highest BCUT2D eigenvalue weighted by atomic mass is 19.4. The maximum Gasteiger partial charge on any atom is 0.471 e. The molecule has 0 aromatic heterocycles. The maximum absolute atomic E-state index is 11.4. The molecule has 0 bridgehead atoms. The molecule has 0 spiro atoms. The van der Waals surface area contributed by atoms with Crippen molar-refractivity contribution in [1.82, 2.24) is 5.32 Å². The third kappa shape index (κ3) is 4.53. The predicted molar refractivity (Wildman–Crippen MR) is 30.8 cm³/mol. The van der Waals surface area contributed by atoms with Gasteiger partial charge >= 0.3 is 18.1 Å². The number of rotatable bonds is 2. The van der Waals surface area contributed by atoms with Crippen molar-refractivity contribution < 1.29 is 27.5 Å². The van der Waals surface area contributed by atoms with Crippen molar-refractivity contribution in [2.24, 2.45) is 0 Å². The highest BCUT2D eigenvalue weighted by Gasteiger charge is 2.38. The molecule has 4 nitrogen and oxygen atoms in total. The Bertz CT molecular complexity index is 189. The lowest BCUT2D eigenvalue weighted by Gasteiger charge is -2.06. The normalized spacial score (nSPS) is 10.7. The van der Waals surface area contributed by atoms with Crippen LogP contribution < -0.4 is 5.32 Å². The molecular weight excluding hydrogens is 179 g/mol. The largest absolute Gasteiger partial charge is 0.471 e. The number of carbonyl (C=O) groups is 2. The van der Waals surface area contributed by atoms with Gasteiger partial charge in [-0.1, -0.05) is 0 Å². The van der Waals surface area contributed by atoms with Crippen molar-refractivity contribution in [3.63, 3.8) is 0 Å². The van der Waals surface area contributed by atoms with Crippen LogP contribution in [0, 0.1) is 0 Å². The van der Waals surface area contributed by atoms with Gasteiger partial charge in [0.05, 0.1) is 0 Å². The second-order valence-electron chi connectivity index (χ2n) is 1.78. The van der Waals surface area contributed by atoms with Gasteiger partial charge in [-0.05, 0) is 0 Å². The minimum absolute atomic E-state index is 0.766. The molecule has 0 rings (SSSR count). The first-order valence-corrected chi connectivity index (χ1v) is 2.82. The lowest BCUT2D eigenvalue weighted by molar-refractivity contribution is -0.175. The summed E-state index contributed by atoms with van der Waals surface area (Å²) in [6.45, 7) is 0.243. The van der Waals surface area contributed by atoms with Crippen LogP contribution in [0.3, 0.4) is 0 Å². The second kappa shape index (κ2) is 3.93. The lowest BCUT2D eigenvalue weighted by atomic mass is 10.6. The van der Waals surface area contributed by atoms with E-state index < -0.39 is 24.8 Å². The zero-order chi connectivity index (χ0) is 9.78. The Morgan fingerprint density at radius 3 is 2.25 bits per heavy atom. The average Bonchev–Trinajstić information content (AvgIpc) is 1.84. The third-order valence-electron chi connectivity index (χ3n) is 0.766. The van der Waals surface area contributed by atoms with E-state index in [-0.39, 0.29) is 0 Å². The summed E-state index contributed by atoms with van der Waals surface area (Å²) in [6.07, 6.45) is -4.94. The topological polar surface area (TPSA) is 55.4 Å². The number of hydrogen-bond donors (Lipinski definition) is 1. The van der Waals surface area contributed by atoms with Gasteiger partial charge in [-0.3, -0.25) is 9.59 Å². The van der Waals surface area contributed by atoms with E-state index >= 15 is 0 Å². The molecule has 12 heavy (non-hydrogen) atoms. The van der Waals surface area contributed by atoms with E-state index in [9.17, 15) is 22.8 Å². The van der Waals surface area contributed by atoms with E-state index in [1.54, 1.807) is 0 Å². The van der Waals surface area contributed by atoms with Crippen LogP contribution in [-0.4, -0.2) is 24.8 Å². The molecular formula is C5H6F3NO3. The number of hydrogen-bond acceptors (Lipinski definition) is 3. The van der Waals surface area contributed by atoms with Crippen molar-refractivity contribution in [3.8, 4) is 0 Å². The van der Waals surface area contributed by atoms with Gasteiger partial charge in [-0.25, -0.2) is 0 Å². The first kappa shape index (κ1) is 10.7. The molecule has 1 N–H and O–H groups in total. The van der Waals surface area contributed by atoms with Crippen LogP contribution in [-0.2, 0) is 14.3 Å². The van der Waals surface area contributed by atoms with Crippen molar-refractivity contribution in [2.45, 2.75) is 13.1 Å². The molecule has 0 fully saturated rings. The molecule has 1 amide bonds. The molecule has 0 aliphatic heterocycles. The number of alkyl halides is 3. The number of esters is 1. The minimum Gasteiger partial charge on any atom is -0.445 e. The van der Waals surface area contributed by atoms with Crippen LogP contribution in [0.15, 0.2) is 0 Å². The van der Waals surface area contributed by atoms with Gasteiger partial charge in [-0.2, -0.15) is 13.2 Å². The monoisotopic (exact) mass is 185 g/mol. The van der Waals surface area contributed by atoms with Gasteiger partial charge in [0, 0.05) is 6.92 Å². The zero-order valence-electron chi connectivity index (χ0n) is 6.07. The van der Waals surface area contributed by atoms with Crippen LogP contribution in [0.4, 0.5) is 13.2 Å². The molecule has 0 aromatic carbocycles. The van der Waals surface area contributed by atoms with E-state index in [1.807, 2.05) is 0 Å². The fourth-order valence-corrected chi connectivity index (χ4v) is 0.303. The highest BCUT2D eigenvalue weighted by molar-refractivity contribution is 5.81. The quantitative estimate of drug-likeness (QED) is 0.493. The summed E-state index contributed by atoms with van der Waals surface area (Å²) in [4.78, 5) is 20.0. The molecule has 7 heteroatoms. The van der Waals surface area contributed by atoms with Gasteiger partial charge in [0.15, 0.2) is 6.73 Å². The van der Waals surface area contributed by atoms with E-state index in [0.717, 1.165) is 6.92 Å². The third-order valence-corrected chi connectivity index (χ3v) is 0.766. The molecule has 0 saturated heterocycles. The molecule has 0 unspecified atom stereocenters. The Kier molecular flexibility index (Phi) is 3.52. The molecule has 0 aliphatic rings. The van der Waals surface area contributed by atoms with Gasteiger partial charge in [0.25, 0.3) is 0 Å². The standard InChI is InChI=1S/C5H6F3NO3/c1-3(10)12-2-9-4(11)5(6,7)8/h2H2,1H3,(H,9,11). The average molecular weight is 185 g/mol. The van der Waals surface area contributed by atoms with Crippen molar-refractivity contribution >= 4 is 11.9 Å². The fourth-order valence-electron chi connectivity index (χ4n) is 0.303. The number of amides is 1. The first-order valence-electron chi connectivity index (χ1n) is 2.82. The van der Waals surface area contributed by atoms with Crippen LogP contribution in [0.25, 0.3) is 0 Å². The Morgan fingerprint density at radius 1 is 1.42 bits per heavy atom. The van der Waals surface area contributed by atoms with Crippen molar-refractivity contribution in [1.29, 1.82) is 0 Å². The minimum atomic E-state index is -4.94. The molecule has 70 valence electrons. The Labute approximate surface area is 65.7 Å². The van der Waals surface area contributed by atoms with Crippen molar-refractivity contribution in [3.05, 3.63) is 0 Å². The smallest absolute Gasteiger partial charge is 0.445 e. The zero-order valence-corrected chi connectivity index (χ0v) is 6.07. The number of halogens is 3. The SMILES string of the molecule is CC(=O)OCNC(=O)C(F)(F)F. The summed E-state index contributed by atoms with van der Waals surface area (Å²) >= 11 is 0. The summed E-state index contributed by atoms with van der Waals surface area (Å²) in [7, 11) is 0. The molecule has 0 atom stereocenters. The van der Waals surface area contributed by atoms with Crippen LogP contribution >= 0.6 is 0 Å². The van der Waals surface area contributed by atoms with E-state index in [1.165, 1.54) is 5.32 Å². The Morgan fingerprint density at radius 2 is 1.92 bits per heavy atom. The second-order valence-corrected chi connectivity index (χ2v) is 1.78. The Balaban J connectivity index is 3.66. The maximum atomic E-state index is 11.4. The highest BCUT2D eigenvalue weighted by Crippen LogP contribution is 2.13. The summed E-state index contributed by atoms with van der Waals surface area (Å²) in [6, 6.07) is 0. The number of ether oxygens (including phenoxy) is 1. The van der Waals surface area contributed by atoms with E-state index in [2.05, 4.69) is 4.74 Å². The Hall–Kier alpha value is -1.27. The van der Waals surface area contributed by atoms with Crippen LogP contribution in [0.5, 0.6) is 0 Å². The van der Waals surface area contributed by atoms with E-state index in [0.29, 0.717) is 0 Å². The summed E-state index contributed by atoms with van der Waals surface area (Å²) < 4.78 is 38.3. The van der Waals surface area contributed by atoms with Crippen LogP contribution in [0.1, 0.15) is 6.92 Å². The van der Waals surface area contributed by atoms with Gasteiger partial charge < -0.3 is 10.1 Å². The molecule has 0 aromatic rings. The van der Waals surface area contributed by atoms with Crippen LogP contribution in [0.2, 0.25) is 0 Å². The van der Waals surface area contributed by atoms with E-state index in [4.69, 9.17) is 0 Å². The van der Waals surface area contributed by atoms with Gasteiger partial charge in [0.1, 0.15) is 0 Å². The number of nitrogens with one attached hydrogen (secondary N) is 1.